The third kappa shape index (κ3) is 4.51. The normalized spacial score (nSPS) is 19.8. The van der Waals surface area contributed by atoms with Crippen LogP contribution in [0.1, 0.15) is 58.2 Å². The zero-order valence-corrected chi connectivity index (χ0v) is 28.0. The van der Waals surface area contributed by atoms with Gasteiger partial charge in [-0.05, 0) is 62.6 Å². The first-order valence-electron chi connectivity index (χ1n) is 16.0. The van der Waals surface area contributed by atoms with E-state index in [1.54, 1.807) is 0 Å². The van der Waals surface area contributed by atoms with Crippen LogP contribution < -0.4 is 16.1 Å². The molecule has 0 radical (unpaired) electrons. The fraction of sp³-hybridized carbons (Fsp3) is 0.308. The van der Waals surface area contributed by atoms with Crippen molar-refractivity contribution in [1.29, 1.82) is 0 Å². The number of aromatic nitrogens is 2. The minimum Gasteiger partial charge on any atom is -0.494 e. The van der Waals surface area contributed by atoms with E-state index in [4.69, 9.17) is 0 Å². The van der Waals surface area contributed by atoms with Crippen molar-refractivity contribution < 1.29 is 9.68 Å². The van der Waals surface area contributed by atoms with Crippen LogP contribution in [0.15, 0.2) is 111 Å². The first-order valence-corrected chi connectivity index (χ1v) is 16.0. The first-order chi connectivity index (χ1) is 21.9. The zero-order chi connectivity index (χ0) is 33.1. The Morgan fingerprint density at radius 1 is 0.826 bits per heavy atom. The molecular weight excluding hydrogens is 572 g/mol. The van der Waals surface area contributed by atoms with Crippen molar-refractivity contribution in [2.75, 3.05) is 18.0 Å². The molecule has 0 spiro atoms. The number of likely N-dealkylation sites (N-methyl/N-ethyl adjacent to an activating group) is 1. The number of hydrogen-bond acceptors (Lipinski definition) is 4. The standard InChI is InChI=1S/C39H42N4O3/c1-9-42-29-17-13-11-15-27(29)38(3,4)31(42)23-21-25-19-20-26(33(25)34-35(44)40(7)37(46)41(8)36(34)45)22-24-32-39(5,6)28-16-12-14-18-30(28)43(32)10-2/h11-24H,9-10H2,1-8H3/p+1/b25-21+,31-23+. The van der Waals surface area contributed by atoms with E-state index in [1.807, 2.05) is 24.3 Å². The maximum atomic E-state index is 13.7. The minimum atomic E-state index is -0.578. The Morgan fingerprint density at radius 3 is 2.20 bits per heavy atom. The molecule has 0 atom stereocenters. The number of rotatable bonds is 6. The van der Waals surface area contributed by atoms with Gasteiger partial charge in [-0.15, -0.1) is 0 Å². The van der Waals surface area contributed by atoms with Gasteiger partial charge in [0.15, 0.2) is 5.71 Å². The molecule has 1 aliphatic carbocycles. The van der Waals surface area contributed by atoms with Crippen LogP contribution in [0.2, 0.25) is 0 Å². The Kier molecular flexibility index (Phi) is 7.54. The topological polar surface area (TPSA) is 70.5 Å². The van der Waals surface area contributed by atoms with Gasteiger partial charge < -0.3 is 10.0 Å². The summed E-state index contributed by atoms with van der Waals surface area (Å²) in [6.45, 7) is 14.8. The molecule has 7 nitrogen and oxygen atoms in total. The largest absolute Gasteiger partial charge is 0.494 e. The molecule has 0 saturated carbocycles. The van der Waals surface area contributed by atoms with Gasteiger partial charge in [0.05, 0.1) is 5.41 Å². The van der Waals surface area contributed by atoms with Crippen LogP contribution in [-0.4, -0.2) is 37.6 Å². The lowest BCUT2D eigenvalue weighted by atomic mass is 9.81. The molecule has 0 fully saturated rings. The van der Waals surface area contributed by atoms with E-state index < -0.39 is 11.2 Å². The summed E-state index contributed by atoms with van der Waals surface area (Å²) in [5.74, 6) is -0.350. The van der Waals surface area contributed by atoms with Crippen molar-refractivity contribution in [3.63, 3.8) is 0 Å². The molecule has 0 bridgehead atoms. The second kappa shape index (κ2) is 11.2. The summed E-state index contributed by atoms with van der Waals surface area (Å²) in [7, 11) is 2.93. The summed E-state index contributed by atoms with van der Waals surface area (Å²) in [4.78, 5) is 28.7. The Bertz CT molecular complexity index is 2090. The summed E-state index contributed by atoms with van der Waals surface area (Å²) >= 11 is 0. The Labute approximate surface area is 270 Å². The van der Waals surface area contributed by atoms with Gasteiger partial charge in [0.2, 0.25) is 11.6 Å². The number of aromatic hydroxyl groups is 1. The highest BCUT2D eigenvalue weighted by Gasteiger charge is 2.43. The van der Waals surface area contributed by atoms with Crippen LogP contribution in [0.25, 0.3) is 5.57 Å². The number of nitrogens with zero attached hydrogens (tertiary/aromatic N) is 4. The highest BCUT2D eigenvalue weighted by Crippen LogP contribution is 2.48. The molecule has 3 aromatic rings. The lowest BCUT2D eigenvalue weighted by Crippen LogP contribution is -2.38. The third-order valence-corrected chi connectivity index (χ3v) is 9.98. The van der Waals surface area contributed by atoms with Crippen LogP contribution in [0.3, 0.4) is 0 Å². The van der Waals surface area contributed by atoms with Gasteiger partial charge in [0.25, 0.3) is 5.56 Å². The van der Waals surface area contributed by atoms with Gasteiger partial charge in [-0.1, -0.05) is 68.5 Å². The number of hydrogen-bond donors (Lipinski definition) is 1. The summed E-state index contributed by atoms with van der Waals surface area (Å²) < 4.78 is 4.50. The van der Waals surface area contributed by atoms with Crippen LogP contribution >= 0.6 is 0 Å². The minimum absolute atomic E-state index is 0.103. The fourth-order valence-corrected chi connectivity index (χ4v) is 7.43. The highest BCUT2D eigenvalue weighted by atomic mass is 16.3. The van der Waals surface area contributed by atoms with Gasteiger partial charge in [0, 0.05) is 60.7 Å². The second-order valence-corrected chi connectivity index (χ2v) is 13.2. The molecule has 236 valence electrons. The molecule has 3 aliphatic rings. The quantitative estimate of drug-likeness (QED) is 0.326. The van der Waals surface area contributed by atoms with Crippen molar-refractivity contribution in [3.05, 3.63) is 139 Å². The molecule has 2 aromatic carbocycles. The smallest absolute Gasteiger partial charge is 0.333 e. The summed E-state index contributed by atoms with van der Waals surface area (Å²) in [5.41, 5.74) is 7.93. The van der Waals surface area contributed by atoms with Gasteiger partial charge in [-0.3, -0.25) is 13.9 Å². The number of fused-ring (bicyclic) bond motifs is 2. The van der Waals surface area contributed by atoms with Crippen molar-refractivity contribution in [2.45, 2.75) is 52.4 Å². The number of benzene rings is 2. The maximum Gasteiger partial charge on any atom is 0.333 e. The zero-order valence-electron chi connectivity index (χ0n) is 28.0. The number of para-hydroxylation sites is 2. The van der Waals surface area contributed by atoms with E-state index >= 15 is 0 Å². The molecule has 0 saturated heterocycles. The van der Waals surface area contributed by atoms with E-state index in [9.17, 15) is 14.7 Å². The van der Waals surface area contributed by atoms with Crippen LogP contribution in [-0.2, 0) is 24.9 Å². The maximum absolute atomic E-state index is 13.7. The average Bonchev–Trinajstić information content (AvgIpc) is 3.61. The molecule has 1 aromatic heterocycles. The molecule has 46 heavy (non-hydrogen) atoms. The number of anilines is 1. The van der Waals surface area contributed by atoms with E-state index in [-0.39, 0.29) is 22.3 Å². The van der Waals surface area contributed by atoms with E-state index in [2.05, 4.69) is 112 Å². The first kappa shape index (κ1) is 31.1. The summed E-state index contributed by atoms with van der Waals surface area (Å²) in [6, 6.07) is 17.0. The Balaban J connectivity index is 1.55. The van der Waals surface area contributed by atoms with Gasteiger partial charge in [0.1, 0.15) is 12.1 Å². The highest BCUT2D eigenvalue weighted by molar-refractivity contribution is 6.04. The van der Waals surface area contributed by atoms with Crippen molar-refractivity contribution >= 4 is 22.7 Å². The fourth-order valence-electron chi connectivity index (χ4n) is 7.43. The van der Waals surface area contributed by atoms with Crippen LogP contribution in [0.4, 0.5) is 11.4 Å². The average molecular weight is 616 g/mol. The van der Waals surface area contributed by atoms with E-state index in [0.717, 1.165) is 44.8 Å². The predicted molar refractivity (Wildman–Crippen MR) is 187 cm³/mol. The lowest BCUT2D eigenvalue weighted by Gasteiger charge is -2.26. The van der Waals surface area contributed by atoms with Crippen LogP contribution in [0.5, 0.6) is 5.88 Å². The molecule has 3 heterocycles. The van der Waals surface area contributed by atoms with E-state index in [0.29, 0.717) is 5.57 Å². The van der Waals surface area contributed by atoms with Crippen molar-refractivity contribution in [2.24, 2.45) is 14.1 Å². The SMILES string of the molecule is CCN1/C(=C/C=C2\C=CC(/C=C/C3=[N+](CC)c4ccccc4C3(C)C)=C2c2c(O)n(C)c(=O)n(C)c2=O)C(C)(C)c2ccccc21. The second-order valence-electron chi connectivity index (χ2n) is 13.2. The van der Waals surface area contributed by atoms with Crippen molar-refractivity contribution in [1.82, 2.24) is 9.13 Å². The van der Waals surface area contributed by atoms with Gasteiger partial charge in [-0.2, -0.15) is 4.58 Å². The molecule has 0 amide bonds. The van der Waals surface area contributed by atoms with E-state index in [1.165, 1.54) is 36.6 Å². The third-order valence-electron chi connectivity index (χ3n) is 9.98. The van der Waals surface area contributed by atoms with Gasteiger partial charge in [-0.25, -0.2) is 4.79 Å². The summed E-state index contributed by atoms with van der Waals surface area (Å²) in [5, 5.41) is 11.3. The van der Waals surface area contributed by atoms with Crippen LogP contribution in [0, 0.1) is 0 Å². The molecule has 0 unspecified atom stereocenters. The van der Waals surface area contributed by atoms with Crippen molar-refractivity contribution in [3.8, 4) is 5.88 Å². The Morgan fingerprint density at radius 2 is 1.50 bits per heavy atom. The predicted octanol–water partition coefficient (Wildman–Crippen LogP) is 6.39. The summed E-state index contributed by atoms with van der Waals surface area (Å²) in [6.07, 6.45) is 12.3. The lowest BCUT2D eigenvalue weighted by molar-refractivity contribution is -0.433. The molecule has 6 rings (SSSR count). The molecule has 7 heteroatoms. The number of allylic oxidation sites excluding steroid dienone is 10. The monoisotopic (exact) mass is 615 g/mol. The molecule has 2 aliphatic heterocycles. The Hall–Kier alpha value is -4.91. The molecular formula is C39H43N4O3+. The molecule has 1 N–H and O–H groups in total. The van der Waals surface area contributed by atoms with Gasteiger partial charge >= 0.3 is 5.69 Å².